The summed E-state index contributed by atoms with van der Waals surface area (Å²) in [5, 5.41) is 0. The van der Waals surface area contributed by atoms with Gasteiger partial charge in [0.15, 0.2) is 6.10 Å². The maximum absolute atomic E-state index is 11.7. The molecule has 98 valence electrons. The smallest absolute Gasteiger partial charge is 0.262 e. The van der Waals surface area contributed by atoms with Gasteiger partial charge < -0.3 is 15.4 Å². The molecule has 0 aliphatic heterocycles. The van der Waals surface area contributed by atoms with Crippen LogP contribution in [0.15, 0.2) is 18.2 Å². The lowest BCUT2D eigenvalue weighted by Crippen LogP contribution is -2.35. The van der Waals surface area contributed by atoms with Crippen LogP contribution in [0.5, 0.6) is 5.75 Å². The lowest BCUT2D eigenvalue weighted by molar-refractivity contribution is -0.135. The predicted octanol–water partition coefficient (Wildman–Crippen LogP) is 1.48. The maximum Gasteiger partial charge on any atom is 0.262 e. The standard InChI is InChI=1S/C13H18N2O2S/c1-8-5-6-10(12(14)18)7-11(8)17-9(2)13(16)15(3)4/h5-7,9H,1-4H3,(H2,14,18). The van der Waals surface area contributed by atoms with E-state index in [9.17, 15) is 4.79 Å². The first-order valence-electron chi connectivity index (χ1n) is 5.61. The molecule has 5 heteroatoms. The Kier molecular flexibility index (Phi) is 4.67. The highest BCUT2D eigenvalue weighted by molar-refractivity contribution is 7.80. The molecule has 0 heterocycles. The van der Waals surface area contributed by atoms with Gasteiger partial charge >= 0.3 is 0 Å². The molecule has 1 amide bonds. The maximum atomic E-state index is 11.7. The predicted molar refractivity (Wildman–Crippen MR) is 75.9 cm³/mol. The molecule has 1 rings (SSSR count). The summed E-state index contributed by atoms with van der Waals surface area (Å²) in [4.78, 5) is 13.5. The zero-order chi connectivity index (χ0) is 13.9. The van der Waals surface area contributed by atoms with Crippen LogP contribution in [0.3, 0.4) is 0 Å². The van der Waals surface area contributed by atoms with Crippen LogP contribution < -0.4 is 10.5 Å². The van der Waals surface area contributed by atoms with E-state index in [1.807, 2.05) is 19.1 Å². The van der Waals surface area contributed by atoms with Crippen LogP contribution in [-0.4, -0.2) is 36.0 Å². The van der Waals surface area contributed by atoms with Gasteiger partial charge in [0.2, 0.25) is 0 Å². The summed E-state index contributed by atoms with van der Waals surface area (Å²) >= 11 is 4.92. The SMILES string of the molecule is Cc1ccc(C(N)=S)cc1OC(C)C(=O)N(C)C. The van der Waals surface area contributed by atoms with Crippen LogP contribution in [-0.2, 0) is 4.79 Å². The van der Waals surface area contributed by atoms with Crippen LogP contribution in [0, 0.1) is 6.92 Å². The number of carbonyl (C=O) groups is 1. The molecule has 0 bridgehead atoms. The van der Waals surface area contributed by atoms with E-state index in [1.54, 1.807) is 27.1 Å². The number of amides is 1. The van der Waals surface area contributed by atoms with E-state index < -0.39 is 6.10 Å². The van der Waals surface area contributed by atoms with Gasteiger partial charge in [-0.2, -0.15) is 0 Å². The van der Waals surface area contributed by atoms with Crippen molar-refractivity contribution in [1.29, 1.82) is 0 Å². The second-order valence-corrected chi connectivity index (χ2v) is 4.78. The third kappa shape index (κ3) is 3.43. The molecule has 2 N–H and O–H groups in total. The number of thiocarbonyl (C=S) groups is 1. The number of rotatable bonds is 4. The van der Waals surface area contributed by atoms with E-state index >= 15 is 0 Å². The molecule has 0 aliphatic carbocycles. The Balaban J connectivity index is 2.93. The van der Waals surface area contributed by atoms with Crippen molar-refractivity contribution in [1.82, 2.24) is 4.90 Å². The monoisotopic (exact) mass is 266 g/mol. The lowest BCUT2D eigenvalue weighted by Gasteiger charge is -2.19. The van der Waals surface area contributed by atoms with Crippen molar-refractivity contribution in [3.63, 3.8) is 0 Å². The molecule has 0 aromatic heterocycles. The Morgan fingerprint density at radius 1 is 1.44 bits per heavy atom. The summed E-state index contributed by atoms with van der Waals surface area (Å²) < 4.78 is 5.65. The third-order valence-electron chi connectivity index (χ3n) is 2.56. The number of aryl methyl sites for hydroxylation is 1. The highest BCUT2D eigenvalue weighted by atomic mass is 32.1. The lowest BCUT2D eigenvalue weighted by atomic mass is 10.1. The summed E-state index contributed by atoms with van der Waals surface area (Å²) in [5.41, 5.74) is 7.24. The Morgan fingerprint density at radius 2 is 2.06 bits per heavy atom. The topological polar surface area (TPSA) is 55.6 Å². The van der Waals surface area contributed by atoms with Crippen molar-refractivity contribution in [3.8, 4) is 5.75 Å². The molecule has 0 aliphatic rings. The summed E-state index contributed by atoms with van der Waals surface area (Å²) in [6.07, 6.45) is -0.541. The van der Waals surface area contributed by atoms with E-state index in [0.717, 1.165) is 11.1 Å². The Labute approximate surface area is 113 Å². The Hall–Kier alpha value is -1.62. The molecule has 1 aromatic carbocycles. The fraction of sp³-hybridized carbons (Fsp3) is 0.385. The summed E-state index contributed by atoms with van der Waals surface area (Å²) in [6.45, 7) is 3.63. The number of likely N-dealkylation sites (N-methyl/N-ethyl adjacent to an activating group) is 1. The zero-order valence-electron chi connectivity index (χ0n) is 11.1. The molecular weight excluding hydrogens is 248 g/mol. The molecule has 1 atom stereocenters. The van der Waals surface area contributed by atoms with Crippen molar-refractivity contribution in [2.45, 2.75) is 20.0 Å². The average Bonchev–Trinajstić information content (AvgIpc) is 2.30. The first-order valence-corrected chi connectivity index (χ1v) is 6.02. The average molecular weight is 266 g/mol. The van der Waals surface area contributed by atoms with Crippen LogP contribution in [0.1, 0.15) is 18.1 Å². The Bertz CT molecular complexity index is 472. The first-order chi connectivity index (χ1) is 8.32. The number of carbonyl (C=O) groups excluding carboxylic acids is 1. The van der Waals surface area contributed by atoms with Crippen molar-refractivity contribution in [2.24, 2.45) is 5.73 Å². The minimum atomic E-state index is -0.541. The van der Waals surface area contributed by atoms with Crippen LogP contribution in [0.25, 0.3) is 0 Å². The van der Waals surface area contributed by atoms with E-state index in [2.05, 4.69) is 0 Å². The molecule has 0 fully saturated rings. The van der Waals surface area contributed by atoms with Gasteiger partial charge in [-0.15, -0.1) is 0 Å². The number of ether oxygens (including phenoxy) is 1. The number of nitrogens with two attached hydrogens (primary N) is 1. The largest absolute Gasteiger partial charge is 0.481 e. The fourth-order valence-corrected chi connectivity index (χ4v) is 1.61. The highest BCUT2D eigenvalue weighted by Crippen LogP contribution is 2.21. The van der Waals surface area contributed by atoms with Gasteiger partial charge in [0.05, 0.1) is 0 Å². The van der Waals surface area contributed by atoms with Gasteiger partial charge in [-0.25, -0.2) is 0 Å². The summed E-state index contributed by atoms with van der Waals surface area (Å²) in [5.74, 6) is 0.540. The van der Waals surface area contributed by atoms with Crippen molar-refractivity contribution in [3.05, 3.63) is 29.3 Å². The van der Waals surface area contributed by atoms with Gasteiger partial charge in [-0.3, -0.25) is 4.79 Å². The van der Waals surface area contributed by atoms with E-state index in [0.29, 0.717) is 10.7 Å². The number of hydrogen-bond donors (Lipinski definition) is 1. The number of nitrogens with zero attached hydrogens (tertiary/aromatic N) is 1. The van der Waals surface area contributed by atoms with Gasteiger partial charge in [0.25, 0.3) is 5.91 Å². The molecule has 0 saturated carbocycles. The van der Waals surface area contributed by atoms with E-state index in [-0.39, 0.29) is 5.91 Å². The number of hydrogen-bond acceptors (Lipinski definition) is 3. The third-order valence-corrected chi connectivity index (χ3v) is 2.80. The van der Waals surface area contributed by atoms with Gasteiger partial charge in [0.1, 0.15) is 10.7 Å². The molecule has 18 heavy (non-hydrogen) atoms. The molecule has 4 nitrogen and oxygen atoms in total. The minimum Gasteiger partial charge on any atom is -0.481 e. The zero-order valence-corrected chi connectivity index (χ0v) is 11.9. The summed E-state index contributed by atoms with van der Waals surface area (Å²) in [7, 11) is 3.39. The highest BCUT2D eigenvalue weighted by Gasteiger charge is 2.17. The van der Waals surface area contributed by atoms with Crippen LogP contribution >= 0.6 is 12.2 Å². The quantitative estimate of drug-likeness (QED) is 0.839. The molecular formula is C13H18N2O2S. The van der Waals surface area contributed by atoms with E-state index in [4.69, 9.17) is 22.7 Å². The van der Waals surface area contributed by atoms with E-state index in [1.165, 1.54) is 4.90 Å². The molecule has 0 spiro atoms. The van der Waals surface area contributed by atoms with Crippen LogP contribution in [0.4, 0.5) is 0 Å². The second-order valence-electron chi connectivity index (χ2n) is 4.34. The van der Waals surface area contributed by atoms with Crippen molar-refractivity contribution >= 4 is 23.1 Å². The van der Waals surface area contributed by atoms with Crippen molar-refractivity contribution in [2.75, 3.05) is 14.1 Å². The number of benzene rings is 1. The second kappa shape index (κ2) is 5.82. The Morgan fingerprint density at radius 3 is 2.56 bits per heavy atom. The van der Waals surface area contributed by atoms with Gasteiger partial charge in [-0.1, -0.05) is 24.4 Å². The van der Waals surface area contributed by atoms with Gasteiger partial charge in [0, 0.05) is 19.7 Å². The minimum absolute atomic E-state index is 0.0878. The first kappa shape index (κ1) is 14.4. The van der Waals surface area contributed by atoms with Crippen LogP contribution in [0.2, 0.25) is 0 Å². The summed E-state index contributed by atoms with van der Waals surface area (Å²) in [6, 6.07) is 5.47. The van der Waals surface area contributed by atoms with Crippen molar-refractivity contribution < 1.29 is 9.53 Å². The fourth-order valence-electron chi connectivity index (χ4n) is 1.48. The normalized spacial score (nSPS) is 11.8. The van der Waals surface area contributed by atoms with Gasteiger partial charge in [-0.05, 0) is 25.5 Å². The molecule has 0 saturated heterocycles. The molecule has 0 radical (unpaired) electrons. The molecule has 1 aromatic rings. The molecule has 1 unspecified atom stereocenters.